The SMILES string of the molecule is C[C@@H]1COCCN1c1cc(C(C)(C)S(C)(=O)=O)c2cnc(-c3ccc[nH]3)n2n1. The van der Waals surface area contributed by atoms with Crippen molar-refractivity contribution in [3.63, 3.8) is 0 Å². The first-order chi connectivity index (χ1) is 13.2. The van der Waals surface area contributed by atoms with E-state index in [9.17, 15) is 8.42 Å². The Morgan fingerprint density at radius 1 is 1.36 bits per heavy atom. The third-order valence-corrected chi connectivity index (χ3v) is 7.64. The second-order valence-electron chi connectivity index (χ2n) is 7.78. The molecule has 0 spiro atoms. The van der Waals surface area contributed by atoms with Gasteiger partial charge in [-0.3, -0.25) is 0 Å². The predicted octanol–water partition coefficient (Wildman–Crippen LogP) is 2.23. The molecule has 1 aliphatic heterocycles. The average Bonchev–Trinajstić information content (AvgIpc) is 3.29. The summed E-state index contributed by atoms with van der Waals surface area (Å²) >= 11 is 0. The Morgan fingerprint density at radius 3 is 2.79 bits per heavy atom. The Hall–Kier alpha value is -2.39. The zero-order valence-corrected chi connectivity index (χ0v) is 17.3. The van der Waals surface area contributed by atoms with Crippen LogP contribution in [0.2, 0.25) is 0 Å². The van der Waals surface area contributed by atoms with Crippen LogP contribution in [0.25, 0.3) is 17.0 Å². The molecular formula is C19H25N5O3S. The molecule has 28 heavy (non-hydrogen) atoms. The van der Waals surface area contributed by atoms with Crippen LogP contribution in [0.5, 0.6) is 0 Å². The molecule has 0 aliphatic carbocycles. The van der Waals surface area contributed by atoms with Crippen LogP contribution in [0.1, 0.15) is 26.3 Å². The molecule has 0 bridgehead atoms. The molecule has 0 radical (unpaired) electrons. The van der Waals surface area contributed by atoms with Gasteiger partial charge >= 0.3 is 0 Å². The van der Waals surface area contributed by atoms with Crippen molar-refractivity contribution in [3.8, 4) is 11.5 Å². The van der Waals surface area contributed by atoms with E-state index in [2.05, 4.69) is 21.8 Å². The molecule has 1 fully saturated rings. The van der Waals surface area contributed by atoms with Gasteiger partial charge in [0.15, 0.2) is 15.7 Å². The van der Waals surface area contributed by atoms with Gasteiger partial charge < -0.3 is 14.6 Å². The van der Waals surface area contributed by atoms with Crippen LogP contribution >= 0.6 is 0 Å². The smallest absolute Gasteiger partial charge is 0.177 e. The molecule has 9 heteroatoms. The zero-order chi connectivity index (χ0) is 20.1. The fraction of sp³-hybridized carbons (Fsp3) is 0.474. The minimum absolute atomic E-state index is 0.144. The van der Waals surface area contributed by atoms with Gasteiger partial charge in [-0.25, -0.2) is 17.9 Å². The number of aromatic amines is 1. The van der Waals surface area contributed by atoms with Crippen LogP contribution in [0.4, 0.5) is 5.82 Å². The van der Waals surface area contributed by atoms with Gasteiger partial charge in [-0.1, -0.05) is 0 Å². The predicted molar refractivity (Wildman–Crippen MR) is 108 cm³/mol. The van der Waals surface area contributed by atoms with Crippen LogP contribution in [0.3, 0.4) is 0 Å². The lowest BCUT2D eigenvalue weighted by Crippen LogP contribution is -2.44. The summed E-state index contributed by atoms with van der Waals surface area (Å²) in [5.41, 5.74) is 2.19. The van der Waals surface area contributed by atoms with E-state index in [1.165, 1.54) is 6.26 Å². The van der Waals surface area contributed by atoms with Crippen LogP contribution in [0.15, 0.2) is 30.6 Å². The van der Waals surface area contributed by atoms with Gasteiger partial charge in [0.05, 0.1) is 41.4 Å². The summed E-state index contributed by atoms with van der Waals surface area (Å²) in [6.07, 6.45) is 4.78. The Morgan fingerprint density at radius 2 is 2.14 bits per heavy atom. The number of nitrogens with one attached hydrogen (secondary N) is 1. The Balaban J connectivity index is 1.99. The van der Waals surface area contributed by atoms with E-state index in [0.29, 0.717) is 36.7 Å². The number of H-pyrrole nitrogens is 1. The highest BCUT2D eigenvalue weighted by Crippen LogP contribution is 2.35. The molecule has 1 N–H and O–H groups in total. The first-order valence-electron chi connectivity index (χ1n) is 9.27. The number of imidazole rings is 1. The minimum atomic E-state index is -3.37. The number of rotatable bonds is 4. The highest BCUT2D eigenvalue weighted by molar-refractivity contribution is 7.91. The van der Waals surface area contributed by atoms with Crippen LogP contribution < -0.4 is 4.90 Å². The van der Waals surface area contributed by atoms with Gasteiger partial charge in [-0.05, 0) is 39.0 Å². The summed E-state index contributed by atoms with van der Waals surface area (Å²) in [6, 6.07) is 5.84. The average molecular weight is 404 g/mol. The van der Waals surface area contributed by atoms with Crippen LogP contribution in [-0.4, -0.2) is 60.1 Å². The lowest BCUT2D eigenvalue weighted by atomic mass is 10.0. The Labute approximate surface area is 164 Å². The van der Waals surface area contributed by atoms with E-state index < -0.39 is 14.6 Å². The molecule has 0 saturated carbocycles. The molecule has 0 amide bonds. The van der Waals surface area contributed by atoms with Crippen LogP contribution in [0, 0.1) is 0 Å². The van der Waals surface area contributed by atoms with Crippen molar-refractivity contribution < 1.29 is 13.2 Å². The number of ether oxygens (including phenoxy) is 1. The summed E-state index contributed by atoms with van der Waals surface area (Å²) in [5, 5.41) is 4.83. The molecule has 1 atom stereocenters. The molecule has 4 heterocycles. The summed E-state index contributed by atoms with van der Waals surface area (Å²) in [4.78, 5) is 9.84. The lowest BCUT2D eigenvalue weighted by Gasteiger charge is -2.35. The van der Waals surface area contributed by atoms with Crippen molar-refractivity contribution in [2.75, 3.05) is 30.9 Å². The van der Waals surface area contributed by atoms with Crippen molar-refractivity contribution in [3.05, 3.63) is 36.2 Å². The van der Waals surface area contributed by atoms with Gasteiger partial charge in [0.25, 0.3) is 0 Å². The second-order valence-corrected chi connectivity index (χ2v) is 10.3. The molecule has 8 nitrogen and oxygen atoms in total. The van der Waals surface area contributed by atoms with E-state index in [-0.39, 0.29) is 6.04 Å². The van der Waals surface area contributed by atoms with Gasteiger partial charge in [-0.15, -0.1) is 5.10 Å². The number of morpholine rings is 1. The number of aromatic nitrogens is 4. The van der Waals surface area contributed by atoms with Crippen molar-refractivity contribution >= 4 is 21.2 Å². The van der Waals surface area contributed by atoms with E-state index in [1.807, 2.05) is 24.4 Å². The van der Waals surface area contributed by atoms with E-state index in [0.717, 1.165) is 11.5 Å². The van der Waals surface area contributed by atoms with E-state index in [1.54, 1.807) is 24.6 Å². The topological polar surface area (TPSA) is 92.6 Å². The maximum Gasteiger partial charge on any atom is 0.177 e. The fourth-order valence-corrected chi connectivity index (χ4v) is 4.07. The second kappa shape index (κ2) is 6.59. The zero-order valence-electron chi connectivity index (χ0n) is 16.5. The standard InChI is InChI=1S/C19H25N5O3S/c1-13-12-27-9-8-23(13)17-10-14(19(2,3)28(4,25)26)16-11-21-18(24(16)22-17)15-6-5-7-20-15/h5-7,10-11,13,20H,8-9,12H2,1-4H3/t13-/m1/s1. The Kier molecular flexibility index (Phi) is 4.46. The third kappa shape index (κ3) is 2.98. The van der Waals surface area contributed by atoms with Crippen molar-refractivity contribution in [1.82, 2.24) is 19.6 Å². The van der Waals surface area contributed by atoms with Gasteiger partial charge in [0.2, 0.25) is 0 Å². The molecule has 4 rings (SSSR count). The molecule has 1 aliphatic rings. The number of sulfone groups is 1. The first-order valence-corrected chi connectivity index (χ1v) is 11.2. The first kappa shape index (κ1) is 18.9. The molecular weight excluding hydrogens is 378 g/mol. The fourth-order valence-electron chi connectivity index (χ4n) is 3.51. The maximum atomic E-state index is 12.6. The number of nitrogens with zero attached hydrogens (tertiary/aromatic N) is 4. The van der Waals surface area contributed by atoms with Crippen molar-refractivity contribution in [2.45, 2.75) is 31.6 Å². The van der Waals surface area contributed by atoms with Crippen molar-refractivity contribution in [1.29, 1.82) is 0 Å². The van der Waals surface area contributed by atoms with Gasteiger partial charge in [-0.2, -0.15) is 0 Å². The largest absolute Gasteiger partial charge is 0.377 e. The summed E-state index contributed by atoms with van der Waals surface area (Å²) in [5.74, 6) is 1.37. The Bertz CT molecular complexity index is 1100. The molecule has 0 unspecified atom stereocenters. The summed E-state index contributed by atoms with van der Waals surface area (Å²) in [6.45, 7) is 7.45. The van der Waals surface area contributed by atoms with Crippen LogP contribution in [-0.2, 0) is 19.3 Å². The normalized spacial score (nSPS) is 18.7. The summed E-state index contributed by atoms with van der Waals surface area (Å²) < 4.78 is 31.4. The highest BCUT2D eigenvalue weighted by atomic mass is 32.2. The molecule has 3 aromatic heterocycles. The monoisotopic (exact) mass is 403 g/mol. The molecule has 1 saturated heterocycles. The van der Waals surface area contributed by atoms with Gasteiger partial charge in [0.1, 0.15) is 5.82 Å². The highest BCUT2D eigenvalue weighted by Gasteiger charge is 2.36. The lowest BCUT2D eigenvalue weighted by molar-refractivity contribution is 0.0984. The quantitative estimate of drug-likeness (QED) is 0.718. The minimum Gasteiger partial charge on any atom is -0.377 e. The third-order valence-electron chi connectivity index (χ3n) is 5.57. The van der Waals surface area contributed by atoms with E-state index in [4.69, 9.17) is 9.84 Å². The summed E-state index contributed by atoms with van der Waals surface area (Å²) in [7, 11) is -3.37. The maximum absolute atomic E-state index is 12.6. The molecule has 150 valence electrons. The molecule has 0 aromatic carbocycles. The van der Waals surface area contributed by atoms with E-state index >= 15 is 0 Å². The number of anilines is 1. The van der Waals surface area contributed by atoms with Gasteiger partial charge in [0, 0.05) is 24.6 Å². The number of hydrogen-bond donors (Lipinski definition) is 1. The molecule has 3 aromatic rings. The van der Waals surface area contributed by atoms with Crippen molar-refractivity contribution in [2.24, 2.45) is 0 Å². The number of hydrogen-bond acceptors (Lipinski definition) is 6. The number of fused-ring (bicyclic) bond motifs is 1.